The summed E-state index contributed by atoms with van der Waals surface area (Å²) < 4.78 is 59.6. The van der Waals surface area contributed by atoms with Gasteiger partial charge < -0.3 is 34.5 Å². The Bertz CT molecular complexity index is 1550. The number of carbonyl (C=O) groups is 4. The molecule has 2 N–H and O–H groups in total. The maximum absolute atomic E-state index is 14.3. The van der Waals surface area contributed by atoms with Crippen molar-refractivity contribution >= 4 is 34.6 Å². The second-order valence-electron chi connectivity index (χ2n) is 14.3. The SMILES string of the molecule is CCC1CC1(NC(=O)C1CC(Oc2cncc3ccc(OC(F)(F)F)cc23)CN1C(=O)C(NC(=O)OC(C)(C)C)C(C)(C)C)C(=O)OC. The van der Waals surface area contributed by atoms with Gasteiger partial charge in [-0.15, -0.1) is 13.2 Å². The number of halogens is 3. The smallest absolute Gasteiger partial charge is 0.486 e. The largest absolute Gasteiger partial charge is 0.573 e. The van der Waals surface area contributed by atoms with E-state index in [4.69, 9.17) is 14.2 Å². The highest BCUT2D eigenvalue weighted by Crippen LogP contribution is 2.47. The van der Waals surface area contributed by atoms with Crippen LogP contribution in [0.4, 0.5) is 18.0 Å². The molecule has 2 aliphatic rings. The zero-order chi connectivity index (χ0) is 35.8. The van der Waals surface area contributed by atoms with Gasteiger partial charge in [0.15, 0.2) is 0 Å². The molecule has 2 aromatic rings. The molecule has 5 unspecified atom stereocenters. The average Bonchev–Trinajstić information content (AvgIpc) is 3.51. The Hall–Kier alpha value is -4.30. The van der Waals surface area contributed by atoms with E-state index in [2.05, 4.69) is 20.4 Å². The molecule has 2 heterocycles. The van der Waals surface area contributed by atoms with Gasteiger partial charge in [-0.3, -0.25) is 14.6 Å². The number of aromatic nitrogens is 1. The lowest BCUT2D eigenvalue weighted by Gasteiger charge is -2.36. The van der Waals surface area contributed by atoms with Crippen LogP contribution < -0.4 is 20.1 Å². The Morgan fingerprint density at radius 2 is 1.77 bits per heavy atom. The van der Waals surface area contributed by atoms with Crippen LogP contribution in [0.25, 0.3) is 10.8 Å². The molecular formula is C33H43F3N4O8. The molecule has 2 fully saturated rings. The fourth-order valence-electron chi connectivity index (χ4n) is 5.96. The maximum atomic E-state index is 14.3. The molecule has 4 rings (SSSR count). The summed E-state index contributed by atoms with van der Waals surface area (Å²) in [5, 5.41) is 6.22. The first-order valence-electron chi connectivity index (χ1n) is 15.7. The van der Waals surface area contributed by atoms with Crippen LogP contribution in [0.5, 0.6) is 11.5 Å². The molecule has 0 radical (unpaired) electrons. The van der Waals surface area contributed by atoms with Crippen molar-refractivity contribution in [3.63, 3.8) is 0 Å². The molecule has 1 aliphatic carbocycles. The van der Waals surface area contributed by atoms with Crippen molar-refractivity contribution in [2.24, 2.45) is 11.3 Å². The van der Waals surface area contributed by atoms with Crippen LogP contribution in [-0.2, 0) is 23.9 Å². The Morgan fingerprint density at radius 3 is 2.33 bits per heavy atom. The van der Waals surface area contributed by atoms with Crippen LogP contribution >= 0.6 is 0 Å². The van der Waals surface area contributed by atoms with E-state index >= 15 is 0 Å². The van der Waals surface area contributed by atoms with E-state index in [9.17, 15) is 32.3 Å². The Balaban J connectivity index is 1.67. The van der Waals surface area contributed by atoms with Gasteiger partial charge in [-0.1, -0.05) is 34.1 Å². The van der Waals surface area contributed by atoms with Gasteiger partial charge in [-0.2, -0.15) is 0 Å². The monoisotopic (exact) mass is 680 g/mol. The summed E-state index contributed by atoms with van der Waals surface area (Å²) in [6, 6.07) is 1.45. The van der Waals surface area contributed by atoms with Gasteiger partial charge in [-0.25, -0.2) is 9.59 Å². The molecule has 1 saturated heterocycles. The molecule has 3 amide bonds. The van der Waals surface area contributed by atoms with Gasteiger partial charge in [-0.05, 0) is 56.7 Å². The van der Waals surface area contributed by atoms with Gasteiger partial charge in [0.2, 0.25) is 11.8 Å². The number of fused-ring (bicyclic) bond motifs is 1. The number of ether oxygens (including phenoxy) is 4. The van der Waals surface area contributed by atoms with Crippen molar-refractivity contribution in [2.75, 3.05) is 13.7 Å². The van der Waals surface area contributed by atoms with E-state index < -0.39 is 70.7 Å². The Morgan fingerprint density at radius 1 is 1.08 bits per heavy atom. The van der Waals surface area contributed by atoms with Crippen molar-refractivity contribution in [1.82, 2.24) is 20.5 Å². The second kappa shape index (κ2) is 13.3. The zero-order valence-corrected chi connectivity index (χ0v) is 28.3. The highest BCUT2D eigenvalue weighted by atomic mass is 19.4. The molecule has 1 aromatic heterocycles. The highest BCUT2D eigenvalue weighted by molar-refractivity contribution is 5.96. The molecule has 5 atom stereocenters. The maximum Gasteiger partial charge on any atom is 0.573 e. The summed E-state index contributed by atoms with van der Waals surface area (Å²) in [4.78, 5) is 59.2. The summed E-state index contributed by atoms with van der Waals surface area (Å²) in [5.74, 6) is -2.31. The number of pyridine rings is 1. The lowest BCUT2D eigenvalue weighted by molar-refractivity contribution is -0.274. The quantitative estimate of drug-likeness (QED) is 0.354. The minimum absolute atomic E-state index is 0.0377. The second-order valence-corrected chi connectivity index (χ2v) is 14.3. The van der Waals surface area contributed by atoms with Gasteiger partial charge in [0.25, 0.3) is 0 Å². The summed E-state index contributed by atoms with van der Waals surface area (Å²) in [7, 11) is 1.23. The van der Waals surface area contributed by atoms with Crippen LogP contribution in [0.3, 0.4) is 0 Å². The molecule has 0 bridgehead atoms. The van der Waals surface area contributed by atoms with E-state index in [1.165, 1.54) is 36.5 Å². The molecule has 1 saturated carbocycles. The van der Waals surface area contributed by atoms with Crippen LogP contribution in [0.2, 0.25) is 0 Å². The number of carbonyl (C=O) groups excluding carboxylic acids is 4. The number of rotatable bonds is 9. The number of esters is 1. The molecule has 48 heavy (non-hydrogen) atoms. The predicted octanol–water partition coefficient (Wildman–Crippen LogP) is 4.88. The third kappa shape index (κ3) is 8.40. The number of nitrogens with one attached hydrogen (secondary N) is 2. The summed E-state index contributed by atoms with van der Waals surface area (Å²) in [6.07, 6.45) is -2.86. The predicted molar refractivity (Wildman–Crippen MR) is 167 cm³/mol. The first kappa shape index (κ1) is 36.5. The van der Waals surface area contributed by atoms with E-state index in [0.717, 1.165) is 6.07 Å². The van der Waals surface area contributed by atoms with Crippen LogP contribution in [0, 0.1) is 11.3 Å². The fraction of sp³-hybridized carbons (Fsp3) is 0.606. The van der Waals surface area contributed by atoms with Crippen molar-refractivity contribution in [2.45, 2.75) is 103 Å². The Labute approximate surface area is 277 Å². The number of alkyl carbamates (subject to hydrolysis) is 1. The number of likely N-dealkylation sites (tertiary alicyclic amines) is 1. The highest BCUT2D eigenvalue weighted by Gasteiger charge is 2.62. The number of hydrogen-bond donors (Lipinski definition) is 2. The first-order valence-corrected chi connectivity index (χ1v) is 15.7. The minimum atomic E-state index is -4.91. The first-order chi connectivity index (χ1) is 22.2. The average molecular weight is 681 g/mol. The molecule has 1 aromatic carbocycles. The van der Waals surface area contributed by atoms with Gasteiger partial charge in [0.1, 0.15) is 40.8 Å². The van der Waals surface area contributed by atoms with Crippen molar-refractivity contribution in [3.8, 4) is 11.5 Å². The standard InChI is InChI=1S/C33H43F3N4O8/c1-9-19-14-32(19,28(43)45-8)39-26(41)23-13-21(17-40(23)27(42)25(30(2,3)4)38-29(44)48-31(5,6)7)46-24-16-37-15-18-10-11-20(12-22(18)24)47-33(34,35)36/h10-12,15-16,19,21,23,25H,9,13-14,17H2,1-8H3,(H,38,44)(H,39,41). The fourth-order valence-corrected chi connectivity index (χ4v) is 5.96. The van der Waals surface area contributed by atoms with Crippen LogP contribution in [-0.4, -0.2) is 83.1 Å². The lowest BCUT2D eigenvalue weighted by atomic mass is 9.85. The number of methoxy groups -OCH3 is 1. The Kier molecular flexibility index (Phi) is 10.1. The third-order valence-electron chi connectivity index (χ3n) is 8.34. The van der Waals surface area contributed by atoms with Gasteiger partial charge in [0.05, 0.1) is 19.9 Å². The number of hydrogen-bond acceptors (Lipinski definition) is 9. The lowest BCUT2D eigenvalue weighted by Crippen LogP contribution is -2.59. The van der Waals surface area contributed by atoms with Crippen LogP contribution in [0.15, 0.2) is 30.6 Å². The van der Waals surface area contributed by atoms with Gasteiger partial charge >= 0.3 is 18.4 Å². The third-order valence-corrected chi connectivity index (χ3v) is 8.34. The van der Waals surface area contributed by atoms with Crippen LogP contribution in [0.1, 0.15) is 67.7 Å². The minimum Gasteiger partial charge on any atom is -0.486 e. The molecule has 15 heteroatoms. The summed E-state index contributed by atoms with van der Waals surface area (Å²) in [6.45, 7) is 12.0. The van der Waals surface area contributed by atoms with Crippen molar-refractivity contribution in [1.29, 1.82) is 0 Å². The summed E-state index contributed by atoms with van der Waals surface area (Å²) >= 11 is 0. The summed E-state index contributed by atoms with van der Waals surface area (Å²) in [5.41, 5.74) is -2.91. The molecule has 0 spiro atoms. The van der Waals surface area contributed by atoms with E-state index in [1.54, 1.807) is 41.5 Å². The van der Waals surface area contributed by atoms with E-state index in [1.807, 2.05) is 6.92 Å². The van der Waals surface area contributed by atoms with E-state index in [0.29, 0.717) is 18.2 Å². The van der Waals surface area contributed by atoms with Crippen molar-refractivity contribution < 1.29 is 51.3 Å². The number of alkyl halides is 3. The number of benzene rings is 1. The molecule has 12 nitrogen and oxygen atoms in total. The van der Waals surface area contributed by atoms with Crippen molar-refractivity contribution in [3.05, 3.63) is 30.6 Å². The molecular weight excluding hydrogens is 637 g/mol. The number of amides is 3. The number of nitrogens with zero attached hydrogens (tertiary/aromatic N) is 2. The normalized spacial score (nSPS) is 23.2. The molecule has 1 aliphatic heterocycles. The molecule has 264 valence electrons. The van der Waals surface area contributed by atoms with E-state index in [-0.39, 0.29) is 30.0 Å². The zero-order valence-electron chi connectivity index (χ0n) is 28.3. The van der Waals surface area contributed by atoms with Gasteiger partial charge in [0, 0.05) is 23.4 Å². The topological polar surface area (TPSA) is 145 Å².